The lowest BCUT2D eigenvalue weighted by Gasteiger charge is -2.34. The van der Waals surface area contributed by atoms with Crippen LogP contribution in [0.25, 0.3) is 0 Å². The summed E-state index contributed by atoms with van der Waals surface area (Å²) >= 11 is 0. The lowest BCUT2D eigenvalue weighted by molar-refractivity contribution is 0.0583. The van der Waals surface area contributed by atoms with E-state index in [9.17, 15) is 14.8 Å². The minimum absolute atomic E-state index is 0. The highest BCUT2D eigenvalue weighted by atomic mass is 35.5. The Hall–Kier alpha value is -2.33. The predicted molar refractivity (Wildman–Crippen MR) is 190 cm³/mol. The SMILES string of the molecule is CCCCCCCCCCCC(C#N)(CCCCCCN1CCC(C(O)c2ccc(F)cc2)CC1)c1ccc(OC)c(OC)c1.Cl. The van der Waals surface area contributed by atoms with Gasteiger partial charge in [0.05, 0.1) is 31.8 Å². The second-order valence-electron chi connectivity index (χ2n) is 13.2. The number of piperidine rings is 1. The van der Waals surface area contributed by atoms with Crippen LogP contribution in [0.5, 0.6) is 11.5 Å². The summed E-state index contributed by atoms with van der Waals surface area (Å²) in [6.45, 7) is 5.34. The molecule has 0 bridgehead atoms. The van der Waals surface area contributed by atoms with Gasteiger partial charge in [-0.15, -0.1) is 12.4 Å². The molecule has 0 aliphatic carbocycles. The molecule has 0 aromatic heterocycles. The number of benzene rings is 2. The van der Waals surface area contributed by atoms with Crippen molar-refractivity contribution in [1.82, 2.24) is 4.90 Å². The fraction of sp³-hybridized carbons (Fsp3) is 0.667. The number of ether oxygens (including phenoxy) is 2. The first-order chi connectivity index (χ1) is 22.0. The van der Waals surface area contributed by atoms with Crippen LogP contribution >= 0.6 is 12.4 Å². The Morgan fingerprint density at radius 1 is 0.826 bits per heavy atom. The number of unbranched alkanes of at least 4 members (excludes halogenated alkanes) is 11. The van der Waals surface area contributed by atoms with Crippen LogP contribution in [-0.2, 0) is 5.41 Å². The third-order valence-corrected chi connectivity index (χ3v) is 9.98. The maximum absolute atomic E-state index is 13.3. The molecule has 1 fully saturated rings. The van der Waals surface area contributed by atoms with Crippen molar-refractivity contribution in [1.29, 1.82) is 5.26 Å². The topological polar surface area (TPSA) is 65.7 Å². The van der Waals surface area contributed by atoms with E-state index in [2.05, 4.69) is 24.0 Å². The van der Waals surface area contributed by atoms with Crippen molar-refractivity contribution < 1.29 is 19.0 Å². The van der Waals surface area contributed by atoms with Crippen molar-refractivity contribution in [3.05, 3.63) is 59.4 Å². The summed E-state index contributed by atoms with van der Waals surface area (Å²) in [5.74, 6) is 1.35. The van der Waals surface area contributed by atoms with Crippen LogP contribution in [0.1, 0.15) is 133 Å². The minimum Gasteiger partial charge on any atom is -0.493 e. The van der Waals surface area contributed by atoms with Crippen molar-refractivity contribution in [3.63, 3.8) is 0 Å². The van der Waals surface area contributed by atoms with Crippen LogP contribution in [0.2, 0.25) is 0 Å². The molecule has 2 unspecified atom stereocenters. The number of hydrogen-bond donors (Lipinski definition) is 1. The highest BCUT2D eigenvalue weighted by Crippen LogP contribution is 2.40. The second-order valence-corrected chi connectivity index (χ2v) is 13.2. The van der Waals surface area contributed by atoms with Gasteiger partial charge in [0, 0.05) is 0 Å². The first-order valence-corrected chi connectivity index (χ1v) is 17.8. The minimum atomic E-state index is -0.519. The predicted octanol–water partition coefficient (Wildman–Crippen LogP) is 10.3. The summed E-state index contributed by atoms with van der Waals surface area (Å²) in [5, 5.41) is 21.4. The third kappa shape index (κ3) is 12.7. The van der Waals surface area contributed by atoms with Gasteiger partial charge in [-0.25, -0.2) is 4.39 Å². The molecule has 2 atom stereocenters. The maximum atomic E-state index is 13.3. The lowest BCUT2D eigenvalue weighted by atomic mass is 9.73. The molecule has 1 aliphatic rings. The molecule has 3 rings (SSSR count). The first-order valence-electron chi connectivity index (χ1n) is 17.8. The molecule has 1 saturated heterocycles. The summed E-state index contributed by atoms with van der Waals surface area (Å²) < 4.78 is 24.3. The Kier molecular flexibility index (Phi) is 19.3. The Morgan fingerprint density at radius 3 is 1.91 bits per heavy atom. The molecule has 1 heterocycles. The molecule has 0 spiro atoms. The van der Waals surface area contributed by atoms with Crippen LogP contribution in [-0.4, -0.2) is 43.9 Å². The summed E-state index contributed by atoms with van der Waals surface area (Å²) in [7, 11) is 3.31. The van der Waals surface area contributed by atoms with E-state index in [-0.39, 0.29) is 24.1 Å². The average molecular weight is 659 g/mol. The van der Waals surface area contributed by atoms with Gasteiger partial charge in [-0.2, -0.15) is 5.26 Å². The molecular formula is C39H60ClFN2O3. The molecule has 0 radical (unpaired) electrons. The van der Waals surface area contributed by atoms with Crippen molar-refractivity contribution in [2.45, 2.75) is 128 Å². The van der Waals surface area contributed by atoms with Crippen molar-refractivity contribution in [3.8, 4) is 17.6 Å². The molecule has 0 saturated carbocycles. The van der Waals surface area contributed by atoms with Crippen LogP contribution < -0.4 is 9.47 Å². The number of hydrogen-bond acceptors (Lipinski definition) is 5. The van der Waals surface area contributed by atoms with E-state index in [1.54, 1.807) is 26.4 Å². The van der Waals surface area contributed by atoms with Gasteiger partial charge in [0.2, 0.25) is 0 Å². The molecule has 7 heteroatoms. The highest BCUT2D eigenvalue weighted by molar-refractivity contribution is 5.85. The summed E-state index contributed by atoms with van der Waals surface area (Å²) in [6.07, 6.45) is 19.1. The smallest absolute Gasteiger partial charge is 0.161 e. The normalized spacial score (nSPS) is 15.8. The van der Waals surface area contributed by atoms with Crippen LogP contribution in [0.4, 0.5) is 4.39 Å². The van der Waals surface area contributed by atoms with E-state index >= 15 is 0 Å². The van der Waals surface area contributed by atoms with Gasteiger partial charge in [0.1, 0.15) is 5.82 Å². The number of rotatable bonds is 22. The van der Waals surface area contributed by atoms with E-state index in [1.165, 1.54) is 63.5 Å². The Morgan fingerprint density at radius 2 is 1.37 bits per heavy atom. The zero-order valence-electron chi connectivity index (χ0n) is 28.8. The largest absolute Gasteiger partial charge is 0.493 e. The van der Waals surface area contributed by atoms with E-state index in [4.69, 9.17) is 9.47 Å². The Balaban J connectivity index is 0.00000736. The van der Waals surface area contributed by atoms with Gasteiger partial charge in [0.25, 0.3) is 0 Å². The van der Waals surface area contributed by atoms with Crippen LogP contribution in [0.15, 0.2) is 42.5 Å². The molecule has 5 nitrogen and oxygen atoms in total. The van der Waals surface area contributed by atoms with Gasteiger partial charge in [-0.05, 0) is 93.0 Å². The van der Waals surface area contributed by atoms with Crippen LogP contribution in [0, 0.1) is 23.1 Å². The third-order valence-electron chi connectivity index (χ3n) is 9.98. The zero-order valence-corrected chi connectivity index (χ0v) is 29.6. The number of likely N-dealkylation sites (tertiary alicyclic amines) is 1. The van der Waals surface area contributed by atoms with Gasteiger partial charge < -0.3 is 19.5 Å². The fourth-order valence-corrected chi connectivity index (χ4v) is 7.00. The standard InChI is InChI=1S/C39H59FN2O3.ClH/c1-4-5-6-7-8-9-10-11-14-25-39(31-41,34-19-22-36(44-2)37(30-34)45-3)26-15-12-13-16-27-42-28-23-33(24-29-42)38(43)32-17-20-35(40)21-18-32;/h17-22,30,33,38,43H,4-16,23-29H2,1-3H3;1H. The molecule has 2 aromatic carbocycles. The van der Waals surface area contributed by atoms with Gasteiger partial charge in [-0.3, -0.25) is 0 Å². The van der Waals surface area contributed by atoms with Crippen molar-refractivity contribution in [2.24, 2.45) is 5.92 Å². The number of nitrogens with zero attached hydrogens (tertiary/aromatic N) is 2. The zero-order chi connectivity index (χ0) is 32.3. The van der Waals surface area contributed by atoms with Gasteiger partial charge >= 0.3 is 0 Å². The Labute approximate surface area is 285 Å². The molecule has 46 heavy (non-hydrogen) atoms. The van der Waals surface area contributed by atoms with Gasteiger partial charge in [0.15, 0.2) is 11.5 Å². The average Bonchev–Trinajstić information content (AvgIpc) is 3.08. The fourth-order valence-electron chi connectivity index (χ4n) is 7.00. The number of nitriles is 1. The molecular weight excluding hydrogens is 599 g/mol. The quantitative estimate of drug-likeness (QED) is 0.128. The van der Waals surface area contributed by atoms with E-state index in [0.717, 1.165) is 88.5 Å². The first kappa shape index (κ1) is 39.8. The van der Waals surface area contributed by atoms with E-state index in [1.807, 2.05) is 12.1 Å². The van der Waals surface area contributed by atoms with Crippen molar-refractivity contribution >= 4 is 12.4 Å². The molecule has 0 amide bonds. The molecule has 1 aliphatic heterocycles. The molecule has 258 valence electrons. The van der Waals surface area contributed by atoms with Gasteiger partial charge in [-0.1, -0.05) is 102 Å². The summed E-state index contributed by atoms with van der Waals surface area (Å²) in [6, 6.07) is 15.1. The number of methoxy groups -OCH3 is 2. The summed E-state index contributed by atoms with van der Waals surface area (Å²) in [4.78, 5) is 2.51. The number of aliphatic hydroxyl groups excluding tert-OH is 1. The number of aliphatic hydroxyl groups is 1. The summed E-state index contributed by atoms with van der Waals surface area (Å²) in [5.41, 5.74) is 1.36. The molecule has 2 aromatic rings. The second kappa shape index (κ2) is 22.3. The monoisotopic (exact) mass is 658 g/mol. The van der Waals surface area contributed by atoms with E-state index in [0.29, 0.717) is 11.5 Å². The highest BCUT2D eigenvalue weighted by Gasteiger charge is 2.32. The lowest BCUT2D eigenvalue weighted by Crippen LogP contribution is -2.36. The van der Waals surface area contributed by atoms with E-state index < -0.39 is 11.5 Å². The van der Waals surface area contributed by atoms with Crippen LogP contribution in [0.3, 0.4) is 0 Å². The Bertz CT molecular complexity index is 1130. The van der Waals surface area contributed by atoms with Crippen molar-refractivity contribution in [2.75, 3.05) is 33.9 Å². The molecule has 1 N–H and O–H groups in total. The maximum Gasteiger partial charge on any atom is 0.161 e. The number of halogens is 2.